The second-order valence-corrected chi connectivity index (χ2v) is 4.61. The van der Waals surface area contributed by atoms with Crippen LogP contribution in [-0.2, 0) is 0 Å². The average Bonchev–Trinajstić information content (AvgIpc) is 3.08. The molecule has 1 amide bonds. The summed E-state index contributed by atoms with van der Waals surface area (Å²) in [5, 5.41) is 0. The van der Waals surface area contributed by atoms with E-state index in [1.165, 1.54) is 23.1 Å². The topological polar surface area (TPSA) is 72.4 Å². The Balaban J connectivity index is 2.29. The van der Waals surface area contributed by atoms with Gasteiger partial charge in [0.15, 0.2) is 0 Å². The molecule has 1 aromatic carbocycles. The van der Waals surface area contributed by atoms with E-state index in [1.807, 2.05) is 0 Å². The zero-order valence-electron chi connectivity index (χ0n) is 10.1. The minimum atomic E-state index is -4.29. The van der Waals surface area contributed by atoms with Crippen molar-refractivity contribution in [2.24, 2.45) is 5.73 Å². The zero-order valence-corrected chi connectivity index (χ0v) is 10.1. The first kappa shape index (κ1) is 13.5. The van der Waals surface area contributed by atoms with Crippen LogP contribution in [-0.4, -0.2) is 24.7 Å². The van der Waals surface area contributed by atoms with Crippen LogP contribution in [0.25, 0.3) is 0 Å². The van der Waals surface area contributed by atoms with Gasteiger partial charge in [0, 0.05) is 11.6 Å². The van der Waals surface area contributed by atoms with Crippen molar-refractivity contribution in [3.05, 3.63) is 23.8 Å². The molecule has 0 heterocycles. The largest absolute Gasteiger partial charge is 0.405 e. The molecule has 19 heavy (non-hydrogen) atoms. The standard InChI is InChI=1S/C12H14F3N3O/c13-12(14,15)6-18(8-2-3-8)10-4-1-7(11(17)19)5-9(10)16/h1,4-5,8H,2-3,6,16H2,(H2,17,19). The highest BCUT2D eigenvalue weighted by atomic mass is 19.4. The fraction of sp³-hybridized carbons (Fsp3) is 0.417. The lowest BCUT2D eigenvalue weighted by Crippen LogP contribution is -2.36. The molecule has 1 fully saturated rings. The van der Waals surface area contributed by atoms with Gasteiger partial charge in [0.1, 0.15) is 6.54 Å². The Bertz CT molecular complexity index is 497. The summed E-state index contributed by atoms with van der Waals surface area (Å²) >= 11 is 0. The second kappa shape index (κ2) is 4.64. The lowest BCUT2D eigenvalue weighted by atomic mass is 10.1. The van der Waals surface area contributed by atoms with Gasteiger partial charge in [-0.2, -0.15) is 13.2 Å². The second-order valence-electron chi connectivity index (χ2n) is 4.61. The van der Waals surface area contributed by atoms with Gasteiger partial charge < -0.3 is 16.4 Å². The molecule has 0 bridgehead atoms. The lowest BCUT2D eigenvalue weighted by molar-refractivity contribution is -0.119. The number of primary amides is 1. The summed E-state index contributed by atoms with van der Waals surface area (Å²) in [7, 11) is 0. The maximum absolute atomic E-state index is 12.6. The van der Waals surface area contributed by atoms with Crippen LogP contribution in [0.1, 0.15) is 23.2 Å². The highest BCUT2D eigenvalue weighted by molar-refractivity contribution is 5.95. The predicted octanol–water partition coefficient (Wildman–Crippen LogP) is 1.90. The Morgan fingerprint density at radius 1 is 1.37 bits per heavy atom. The molecule has 7 heteroatoms. The normalized spacial score (nSPS) is 15.3. The average molecular weight is 273 g/mol. The molecule has 2 rings (SSSR count). The van der Waals surface area contributed by atoms with Crippen molar-refractivity contribution >= 4 is 17.3 Å². The van der Waals surface area contributed by atoms with E-state index in [-0.39, 0.29) is 17.3 Å². The van der Waals surface area contributed by atoms with Gasteiger partial charge in [-0.05, 0) is 31.0 Å². The molecule has 0 radical (unpaired) electrons. The van der Waals surface area contributed by atoms with Crippen molar-refractivity contribution in [2.75, 3.05) is 17.2 Å². The first-order valence-electron chi connectivity index (χ1n) is 5.80. The molecule has 0 aliphatic heterocycles. The molecule has 0 unspecified atom stereocenters. The molecule has 4 N–H and O–H groups in total. The molecule has 104 valence electrons. The number of nitrogens with two attached hydrogens (primary N) is 2. The van der Waals surface area contributed by atoms with Crippen LogP contribution in [0.15, 0.2) is 18.2 Å². The Hall–Kier alpha value is -1.92. The van der Waals surface area contributed by atoms with E-state index >= 15 is 0 Å². The van der Waals surface area contributed by atoms with Gasteiger partial charge in [0.25, 0.3) is 0 Å². The van der Waals surface area contributed by atoms with E-state index in [0.717, 1.165) is 0 Å². The number of benzene rings is 1. The summed E-state index contributed by atoms with van der Waals surface area (Å²) < 4.78 is 37.7. The Morgan fingerprint density at radius 3 is 2.42 bits per heavy atom. The van der Waals surface area contributed by atoms with Crippen LogP contribution in [0.5, 0.6) is 0 Å². The fourth-order valence-electron chi connectivity index (χ4n) is 1.96. The van der Waals surface area contributed by atoms with Gasteiger partial charge in [0.05, 0.1) is 11.4 Å². The summed E-state index contributed by atoms with van der Waals surface area (Å²) in [4.78, 5) is 12.2. The monoisotopic (exact) mass is 273 g/mol. The highest BCUT2D eigenvalue weighted by Gasteiger charge is 2.38. The molecule has 4 nitrogen and oxygen atoms in total. The van der Waals surface area contributed by atoms with Crippen LogP contribution in [0.4, 0.5) is 24.5 Å². The van der Waals surface area contributed by atoms with Crippen molar-refractivity contribution < 1.29 is 18.0 Å². The number of hydrogen-bond donors (Lipinski definition) is 2. The van der Waals surface area contributed by atoms with E-state index < -0.39 is 18.6 Å². The van der Waals surface area contributed by atoms with Gasteiger partial charge in [-0.25, -0.2) is 0 Å². The molecule has 0 aromatic heterocycles. The zero-order chi connectivity index (χ0) is 14.2. The number of carbonyl (C=O) groups is 1. The van der Waals surface area contributed by atoms with Crippen molar-refractivity contribution in [3.63, 3.8) is 0 Å². The van der Waals surface area contributed by atoms with Gasteiger partial charge in [-0.1, -0.05) is 0 Å². The number of amides is 1. The summed E-state index contributed by atoms with van der Waals surface area (Å²) in [5.74, 6) is -0.660. The van der Waals surface area contributed by atoms with E-state index in [0.29, 0.717) is 18.5 Å². The summed E-state index contributed by atoms with van der Waals surface area (Å²) in [6.07, 6.45) is -2.86. The molecule has 0 saturated heterocycles. The van der Waals surface area contributed by atoms with Gasteiger partial charge in [-0.15, -0.1) is 0 Å². The lowest BCUT2D eigenvalue weighted by Gasteiger charge is -2.27. The van der Waals surface area contributed by atoms with Crippen molar-refractivity contribution in [1.82, 2.24) is 0 Å². The summed E-state index contributed by atoms with van der Waals surface area (Å²) in [5.41, 5.74) is 11.4. The van der Waals surface area contributed by atoms with Crippen LogP contribution in [0, 0.1) is 0 Å². The molecule has 1 saturated carbocycles. The summed E-state index contributed by atoms with van der Waals surface area (Å²) in [6.45, 7) is -1.04. The third-order valence-electron chi connectivity index (χ3n) is 2.96. The van der Waals surface area contributed by atoms with Crippen LogP contribution in [0.2, 0.25) is 0 Å². The molecule has 1 aliphatic carbocycles. The number of halogens is 3. The van der Waals surface area contributed by atoms with E-state index in [4.69, 9.17) is 11.5 Å². The third-order valence-corrected chi connectivity index (χ3v) is 2.96. The maximum Gasteiger partial charge on any atom is 0.405 e. The maximum atomic E-state index is 12.6. The Labute approximate surface area is 108 Å². The van der Waals surface area contributed by atoms with Crippen LogP contribution in [0.3, 0.4) is 0 Å². The minimum absolute atomic E-state index is 0.132. The third kappa shape index (κ3) is 3.30. The molecular weight excluding hydrogens is 259 g/mol. The Kier molecular flexibility index (Phi) is 3.30. The predicted molar refractivity (Wildman–Crippen MR) is 65.8 cm³/mol. The number of hydrogen-bond acceptors (Lipinski definition) is 3. The first-order chi connectivity index (χ1) is 8.78. The number of nitrogens with zero attached hydrogens (tertiary/aromatic N) is 1. The van der Waals surface area contributed by atoms with Crippen LogP contribution >= 0.6 is 0 Å². The van der Waals surface area contributed by atoms with Gasteiger partial charge in [0.2, 0.25) is 5.91 Å². The molecule has 0 atom stereocenters. The smallest absolute Gasteiger partial charge is 0.397 e. The van der Waals surface area contributed by atoms with Gasteiger partial charge in [-0.3, -0.25) is 4.79 Å². The highest BCUT2D eigenvalue weighted by Crippen LogP contribution is 2.37. The molecule has 0 spiro atoms. The molecular formula is C12H14F3N3O. The first-order valence-corrected chi connectivity index (χ1v) is 5.80. The molecule has 1 aromatic rings. The molecule has 1 aliphatic rings. The quantitative estimate of drug-likeness (QED) is 0.823. The number of anilines is 2. The van der Waals surface area contributed by atoms with E-state index in [9.17, 15) is 18.0 Å². The van der Waals surface area contributed by atoms with Gasteiger partial charge >= 0.3 is 6.18 Å². The van der Waals surface area contributed by atoms with Crippen molar-refractivity contribution in [2.45, 2.75) is 25.1 Å². The number of nitrogen functional groups attached to an aromatic ring is 1. The SMILES string of the molecule is NC(=O)c1ccc(N(CC(F)(F)F)C2CC2)c(N)c1. The van der Waals surface area contributed by atoms with Crippen molar-refractivity contribution in [3.8, 4) is 0 Å². The van der Waals surface area contributed by atoms with Crippen molar-refractivity contribution in [1.29, 1.82) is 0 Å². The Morgan fingerprint density at radius 2 is 2.00 bits per heavy atom. The van der Waals surface area contributed by atoms with E-state index in [2.05, 4.69) is 0 Å². The van der Waals surface area contributed by atoms with Crippen LogP contribution < -0.4 is 16.4 Å². The fourth-order valence-corrected chi connectivity index (χ4v) is 1.96. The number of alkyl halides is 3. The number of carbonyl (C=O) groups excluding carboxylic acids is 1. The minimum Gasteiger partial charge on any atom is -0.397 e. The number of rotatable bonds is 4. The van der Waals surface area contributed by atoms with E-state index in [1.54, 1.807) is 0 Å². The summed E-state index contributed by atoms with van der Waals surface area (Å²) in [6, 6.07) is 3.98.